The first-order chi connectivity index (χ1) is 9.01. The average molecular weight is 299 g/mol. The molecule has 0 aromatic heterocycles. The first-order valence-corrected chi connectivity index (χ1v) is 7.00. The molecule has 0 spiro atoms. The Morgan fingerprint density at radius 3 is 2.89 bits per heavy atom. The number of amides is 2. The van der Waals surface area contributed by atoms with Crippen LogP contribution in [0.1, 0.15) is 13.3 Å². The summed E-state index contributed by atoms with van der Waals surface area (Å²) in [5.41, 5.74) is 1.27. The van der Waals surface area contributed by atoms with Crippen LogP contribution in [0, 0.1) is 5.92 Å². The Morgan fingerprint density at radius 2 is 2.32 bits per heavy atom. The Morgan fingerprint density at radius 1 is 1.58 bits per heavy atom. The highest BCUT2D eigenvalue weighted by Crippen LogP contribution is 2.33. The lowest BCUT2D eigenvalue weighted by molar-refractivity contribution is -0.117. The zero-order valence-electron chi connectivity index (χ0n) is 10.5. The van der Waals surface area contributed by atoms with Gasteiger partial charge in [0, 0.05) is 25.6 Å². The minimum Gasteiger partial charge on any atom is -0.326 e. The van der Waals surface area contributed by atoms with E-state index in [9.17, 15) is 9.59 Å². The van der Waals surface area contributed by atoms with E-state index in [-0.39, 0.29) is 17.7 Å². The molecule has 1 fully saturated rings. The largest absolute Gasteiger partial charge is 0.326 e. The first kappa shape index (κ1) is 14.2. The normalized spacial score (nSPS) is 18.8. The van der Waals surface area contributed by atoms with E-state index >= 15 is 0 Å². The molecule has 1 heterocycles. The minimum atomic E-state index is -0.158. The number of carbonyl (C=O) groups is 2. The van der Waals surface area contributed by atoms with E-state index in [4.69, 9.17) is 11.6 Å². The van der Waals surface area contributed by atoms with Gasteiger partial charge >= 0.3 is 0 Å². The molecule has 0 bridgehead atoms. The summed E-state index contributed by atoms with van der Waals surface area (Å²) in [6.07, 6.45) is 0.490. The van der Waals surface area contributed by atoms with Crippen LogP contribution in [-0.2, 0) is 9.59 Å². The third kappa shape index (κ3) is 3.22. The monoisotopic (exact) mass is 298 g/mol. The summed E-state index contributed by atoms with van der Waals surface area (Å²) >= 11 is 10.4. The van der Waals surface area contributed by atoms with E-state index in [2.05, 4.69) is 17.9 Å². The molecule has 1 atom stereocenters. The fraction of sp³-hybridized carbons (Fsp3) is 0.385. The van der Waals surface area contributed by atoms with Crippen molar-refractivity contribution in [2.75, 3.05) is 22.5 Å². The van der Waals surface area contributed by atoms with Gasteiger partial charge in [-0.3, -0.25) is 9.59 Å². The minimum absolute atomic E-state index is 0.0425. The van der Waals surface area contributed by atoms with Crippen molar-refractivity contribution in [2.45, 2.75) is 13.3 Å². The number of nitrogens with zero attached hydrogens (tertiary/aromatic N) is 1. The van der Waals surface area contributed by atoms with Gasteiger partial charge in [-0.05, 0) is 29.9 Å². The van der Waals surface area contributed by atoms with Crippen LogP contribution in [0.4, 0.5) is 11.4 Å². The highest BCUT2D eigenvalue weighted by Gasteiger charge is 2.30. The van der Waals surface area contributed by atoms with Gasteiger partial charge in [-0.25, -0.2) is 0 Å². The number of carbonyl (C=O) groups excluding carboxylic acids is 2. The van der Waals surface area contributed by atoms with Crippen molar-refractivity contribution in [3.8, 4) is 0 Å². The third-order valence-electron chi connectivity index (χ3n) is 3.02. The van der Waals surface area contributed by atoms with Crippen LogP contribution in [0.15, 0.2) is 18.2 Å². The predicted molar refractivity (Wildman–Crippen MR) is 80.1 cm³/mol. The van der Waals surface area contributed by atoms with Crippen molar-refractivity contribution in [1.29, 1.82) is 0 Å². The third-order valence-corrected chi connectivity index (χ3v) is 3.86. The van der Waals surface area contributed by atoms with E-state index in [1.807, 2.05) is 0 Å². The topological polar surface area (TPSA) is 49.4 Å². The van der Waals surface area contributed by atoms with Gasteiger partial charge < -0.3 is 10.2 Å². The molecule has 1 aromatic rings. The maximum atomic E-state index is 12.0. The Bertz CT molecular complexity index is 521. The molecule has 1 unspecified atom stereocenters. The lowest BCUT2D eigenvalue weighted by atomic mass is 10.1. The van der Waals surface area contributed by atoms with Gasteiger partial charge in [-0.15, -0.1) is 0 Å². The van der Waals surface area contributed by atoms with E-state index in [1.165, 1.54) is 6.92 Å². The number of halogens is 1. The van der Waals surface area contributed by atoms with Crippen molar-refractivity contribution in [1.82, 2.24) is 0 Å². The van der Waals surface area contributed by atoms with E-state index in [1.54, 1.807) is 23.1 Å². The second-order valence-electron chi connectivity index (χ2n) is 4.60. The smallest absolute Gasteiger partial charge is 0.227 e. The maximum absolute atomic E-state index is 12.0. The zero-order valence-corrected chi connectivity index (χ0v) is 12.2. The summed E-state index contributed by atoms with van der Waals surface area (Å²) in [7, 11) is 0. The van der Waals surface area contributed by atoms with Gasteiger partial charge in [0.2, 0.25) is 11.8 Å². The Balaban J connectivity index is 2.28. The molecule has 6 heteroatoms. The molecular weight excluding hydrogens is 284 g/mol. The molecule has 0 radical (unpaired) electrons. The maximum Gasteiger partial charge on any atom is 0.227 e. The van der Waals surface area contributed by atoms with Crippen molar-refractivity contribution < 1.29 is 9.59 Å². The van der Waals surface area contributed by atoms with Crippen molar-refractivity contribution >= 4 is 47.4 Å². The number of benzene rings is 1. The number of hydrogen-bond acceptors (Lipinski definition) is 3. The standard InChI is InChI=1S/C13H15ClN2O2S/c1-8(17)15-10-2-3-11(14)12(5-10)16-6-9(7-19)4-13(16)18/h2-3,5,9,19H,4,6-7H2,1H3,(H,15,17). The summed E-state index contributed by atoms with van der Waals surface area (Å²) in [5, 5.41) is 3.19. The van der Waals surface area contributed by atoms with E-state index in [0.717, 1.165) is 0 Å². The quantitative estimate of drug-likeness (QED) is 0.843. The van der Waals surface area contributed by atoms with Crippen molar-refractivity contribution in [3.05, 3.63) is 23.2 Å². The highest BCUT2D eigenvalue weighted by atomic mass is 35.5. The molecule has 1 N–H and O–H groups in total. The highest BCUT2D eigenvalue weighted by molar-refractivity contribution is 7.80. The Labute approximate surface area is 122 Å². The van der Waals surface area contributed by atoms with Crippen molar-refractivity contribution in [2.24, 2.45) is 5.92 Å². The number of nitrogens with one attached hydrogen (secondary N) is 1. The lowest BCUT2D eigenvalue weighted by Gasteiger charge is -2.19. The molecule has 0 saturated carbocycles. The average Bonchev–Trinajstić information content (AvgIpc) is 2.72. The molecule has 102 valence electrons. The summed E-state index contributed by atoms with van der Waals surface area (Å²) in [4.78, 5) is 24.7. The summed E-state index contributed by atoms with van der Waals surface area (Å²) in [5.74, 6) is 0.803. The lowest BCUT2D eigenvalue weighted by Crippen LogP contribution is -2.25. The SMILES string of the molecule is CC(=O)Nc1ccc(Cl)c(N2CC(CS)CC2=O)c1. The van der Waals surface area contributed by atoms with Crippen LogP contribution in [0.3, 0.4) is 0 Å². The Kier molecular flexibility index (Phi) is 4.37. The fourth-order valence-corrected chi connectivity index (χ4v) is 2.60. The zero-order chi connectivity index (χ0) is 14.0. The van der Waals surface area contributed by atoms with Crippen LogP contribution in [0.2, 0.25) is 5.02 Å². The van der Waals surface area contributed by atoms with Gasteiger partial charge in [-0.2, -0.15) is 12.6 Å². The molecule has 1 aliphatic rings. The summed E-state index contributed by atoms with van der Waals surface area (Å²) in [6.45, 7) is 2.05. The molecule has 1 saturated heterocycles. The van der Waals surface area contributed by atoms with Crippen LogP contribution >= 0.6 is 24.2 Å². The molecule has 0 aliphatic carbocycles. The molecule has 4 nitrogen and oxygen atoms in total. The van der Waals surface area contributed by atoms with Crippen LogP contribution in [-0.4, -0.2) is 24.1 Å². The van der Waals surface area contributed by atoms with E-state index in [0.29, 0.717) is 35.1 Å². The van der Waals surface area contributed by atoms with Gasteiger partial charge in [0.25, 0.3) is 0 Å². The van der Waals surface area contributed by atoms with Gasteiger partial charge in [0.1, 0.15) is 0 Å². The molecule has 19 heavy (non-hydrogen) atoms. The van der Waals surface area contributed by atoms with Crippen LogP contribution < -0.4 is 10.2 Å². The number of rotatable bonds is 3. The Hall–Kier alpha value is -1.20. The second kappa shape index (κ2) is 5.84. The van der Waals surface area contributed by atoms with Gasteiger partial charge in [-0.1, -0.05) is 11.6 Å². The molecule has 1 aliphatic heterocycles. The van der Waals surface area contributed by atoms with Crippen molar-refractivity contribution in [3.63, 3.8) is 0 Å². The fourth-order valence-electron chi connectivity index (χ4n) is 2.14. The molecule has 1 aromatic carbocycles. The second-order valence-corrected chi connectivity index (χ2v) is 5.38. The first-order valence-electron chi connectivity index (χ1n) is 5.99. The molecule has 2 rings (SSSR count). The van der Waals surface area contributed by atoms with Gasteiger partial charge in [0.05, 0.1) is 10.7 Å². The van der Waals surface area contributed by atoms with E-state index < -0.39 is 0 Å². The summed E-state index contributed by atoms with van der Waals surface area (Å²) in [6, 6.07) is 5.12. The number of hydrogen-bond donors (Lipinski definition) is 2. The molecule has 2 amide bonds. The number of anilines is 2. The number of thiol groups is 1. The molecular formula is C13H15ClN2O2S. The summed E-state index contributed by atoms with van der Waals surface area (Å²) < 4.78 is 0. The van der Waals surface area contributed by atoms with Gasteiger partial charge in [0.15, 0.2) is 0 Å². The predicted octanol–water partition coefficient (Wildman–Crippen LogP) is 2.58. The van der Waals surface area contributed by atoms with Crippen LogP contribution in [0.25, 0.3) is 0 Å². The van der Waals surface area contributed by atoms with Crippen LogP contribution in [0.5, 0.6) is 0 Å².